The molecule has 111 valence electrons. The fraction of sp³-hybridized carbons (Fsp3) is 0.130. The number of rotatable bonds is 1. The summed E-state index contributed by atoms with van der Waals surface area (Å²) in [5.74, 6) is 0. The Labute approximate surface area is 137 Å². The van der Waals surface area contributed by atoms with Crippen molar-refractivity contribution in [3.8, 4) is 11.1 Å². The number of hydrogen-bond donors (Lipinski definition) is 0. The predicted octanol–water partition coefficient (Wildman–Crippen LogP) is 6.39. The Hall–Kier alpha value is -2.60. The molecule has 0 aliphatic rings. The molecule has 0 amide bonds. The smallest absolute Gasteiger partial charge is 0.00213 e. The van der Waals surface area contributed by atoms with Crippen LogP contribution in [0.5, 0.6) is 0 Å². The monoisotopic (exact) mass is 295 g/mol. The minimum absolute atomic E-state index is 1.20. The van der Waals surface area contributed by atoms with E-state index in [0.717, 1.165) is 0 Å². The van der Waals surface area contributed by atoms with E-state index in [1.807, 2.05) is 0 Å². The third-order valence-electron chi connectivity index (χ3n) is 4.61. The molecule has 4 aromatic carbocycles. The highest BCUT2D eigenvalue weighted by atomic mass is 14.2. The zero-order chi connectivity index (χ0) is 16.0. The van der Waals surface area contributed by atoms with Crippen molar-refractivity contribution in [3.63, 3.8) is 0 Å². The Kier molecular flexibility index (Phi) is 3.20. The van der Waals surface area contributed by atoms with Crippen LogP contribution in [0, 0.1) is 26.8 Å². The van der Waals surface area contributed by atoms with Gasteiger partial charge < -0.3 is 0 Å². The highest BCUT2D eigenvalue weighted by molar-refractivity contribution is 6.13. The van der Waals surface area contributed by atoms with Crippen molar-refractivity contribution in [2.24, 2.45) is 0 Å². The molecule has 0 saturated heterocycles. The molecule has 0 fully saturated rings. The number of fused-ring (bicyclic) bond motifs is 2. The van der Waals surface area contributed by atoms with Crippen LogP contribution < -0.4 is 0 Å². The van der Waals surface area contributed by atoms with Gasteiger partial charge in [-0.25, -0.2) is 0 Å². The Morgan fingerprint density at radius 2 is 1.22 bits per heavy atom. The maximum absolute atomic E-state index is 3.51. The molecule has 0 aromatic heterocycles. The molecule has 23 heavy (non-hydrogen) atoms. The summed E-state index contributed by atoms with van der Waals surface area (Å²) in [6, 6.07) is 25.4. The predicted molar refractivity (Wildman–Crippen MR) is 99.9 cm³/mol. The van der Waals surface area contributed by atoms with Gasteiger partial charge in [-0.3, -0.25) is 0 Å². The van der Waals surface area contributed by atoms with Gasteiger partial charge in [-0.1, -0.05) is 54.6 Å². The molecule has 0 spiro atoms. The number of aryl methyl sites for hydroxylation is 3. The van der Waals surface area contributed by atoms with Gasteiger partial charge in [-0.05, 0) is 82.3 Å². The van der Waals surface area contributed by atoms with Gasteiger partial charge in [0.05, 0.1) is 0 Å². The first-order valence-electron chi connectivity index (χ1n) is 8.06. The lowest BCUT2D eigenvalue weighted by molar-refractivity contribution is 1.32. The Balaban J connectivity index is 2.25. The van der Waals surface area contributed by atoms with E-state index in [1.54, 1.807) is 0 Å². The summed E-state index contributed by atoms with van der Waals surface area (Å²) in [4.78, 5) is 0. The first kappa shape index (κ1) is 14.0. The summed E-state index contributed by atoms with van der Waals surface area (Å²) < 4.78 is 0. The van der Waals surface area contributed by atoms with Gasteiger partial charge >= 0.3 is 0 Å². The molecule has 0 N–H and O–H groups in total. The Morgan fingerprint density at radius 1 is 0.652 bits per heavy atom. The van der Waals surface area contributed by atoms with Crippen molar-refractivity contribution in [3.05, 3.63) is 83.4 Å². The van der Waals surface area contributed by atoms with Gasteiger partial charge in [-0.2, -0.15) is 0 Å². The van der Waals surface area contributed by atoms with E-state index >= 15 is 0 Å². The third kappa shape index (κ3) is 2.22. The van der Waals surface area contributed by atoms with Crippen LogP contribution in [-0.4, -0.2) is 0 Å². The standard InChI is InChI=1S/C23H19/c1-15-12-16(2)22(17(3)13-15)23-20-10-6-4-8-18(20)14-19-9-5-7-11-21(19)23/h4-12,14H,1-3H3. The first-order valence-corrected chi connectivity index (χ1v) is 8.06. The second-order valence-corrected chi connectivity index (χ2v) is 6.33. The molecular formula is C23H19. The van der Waals surface area contributed by atoms with Crippen molar-refractivity contribution in [1.82, 2.24) is 0 Å². The molecule has 0 unspecified atom stereocenters. The van der Waals surface area contributed by atoms with E-state index in [9.17, 15) is 0 Å². The molecule has 0 heteroatoms. The molecular weight excluding hydrogens is 276 g/mol. The van der Waals surface area contributed by atoms with Gasteiger partial charge in [0.2, 0.25) is 0 Å². The zero-order valence-electron chi connectivity index (χ0n) is 13.8. The van der Waals surface area contributed by atoms with Crippen molar-refractivity contribution in [2.75, 3.05) is 0 Å². The van der Waals surface area contributed by atoms with Crippen molar-refractivity contribution < 1.29 is 0 Å². The highest BCUT2D eigenvalue weighted by Crippen LogP contribution is 2.39. The van der Waals surface area contributed by atoms with E-state index < -0.39 is 0 Å². The van der Waals surface area contributed by atoms with Gasteiger partial charge in [0.1, 0.15) is 0 Å². The fourth-order valence-corrected chi connectivity index (χ4v) is 3.75. The van der Waals surface area contributed by atoms with Gasteiger partial charge in [0.25, 0.3) is 0 Å². The number of benzene rings is 4. The molecule has 0 atom stereocenters. The lowest BCUT2D eigenvalue weighted by Gasteiger charge is -2.17. The summed E-state index contributed by atoms with van der Waals surface area (Å²) in [7, 11) is 0. The highest BCUT2D eigenvalue weighted by Gasteiger charge is 2.14. The van der Waals surface area contributed by atoms with E-state index in [4.69, 9.17) is 0 Å². The molecule has 1 radical (unpaired) electrons. The largest absolute Gasteiger partial charge is 0.0616 e. The van der Waals surface area contributed by atoms with Crippen molar-refractivity contribution in [1.29, 1.82) is 0 Å². The zero-order valence-corrected chi connectivity index (χ0v) is 13.8. The molecule has 4 rings (SSSR count). The maximum Gasteiger partial charge on any atom is -0.00213 e. The SMILES string of the molecule is Cc1[c]c(C)c(-c2c3ccccc3cc3ccccc23)c(C)c1. The summed E-state index contributed by atoms with van der Waals surface area (Å²) >= 11 is 0. The maximum atomic E-state index is 3.51. The molecule has 0 saturated carbocycles. The van der Waals surface area contributed by atoms with Crippen molar-refractivity contribution in [2.45, 2.75) is 20.8 Å². The van der Waals surface area contributed by atoms with E-state index in [2.05, 4.69) is 87.5 Å². The van der Waals surface area contributed by atoms with E-state index in [0.29, 0.717) is 0 Å². The molecule has 0 nitrogen and oxygen atoms in total. The van der Waals surface area contributed by atoms with Crippen LogP contribution >= 0.6 is 0 Å². The fourth-order valence-electron chi connectivity index (χ4n) is 3.75. The topological polar surface area (TPSA) is 0 Å². The van der Waals surface area contributed by atoms with E-state index in [1.165, 1.54) is 49.4 Å². The summed E-state index contributed by atoms with van der Waals surface area (Å²) in [5.41, 5.74) is 6.41. The molecule has 0 bridgehead atoms. The molecule has 0 heterocycles. The first-order chi connectivity index (χ1) is 11.1. The minimum atomic E-state index is 1.20. The van der Waals surface area contributed by atoms with Crippen LogP contribution in [0.25, 0.3) is 32.7 Å². The van der Waals surface area contributed by atoms with Crippen LogP contribution in [0.2, 0.25) is 0 Å². The second-order valence-electron chi connectivity index (χ2n) is 6.33. The molecule has 4 aromatic rings. The summed E-state index contributed by atoms with van der Waals surface area (Å²) in [5, 5.41) is 5.21. The summed E-state index contributed by atoms with van der Waals surface area (Å²) in [6.45, 7) is 6.50. The van der Waals surface area contributed by atoms with Crippen LogP contribution in [0.4, 0.5) is 0 Å². The Morgan fingerprint density at radius 3 is 1.78 bits per heavy atom. The molecule has 0 aliphatic carbocycles. The minimum Gasteiger partial charge on any atom is -0.0616 e. The summed E-state index contributed by atoms with van der Waals surface area (Å²) in [6.07, 6.45) is 0. The van der Waals surface area contributed by atoms with Crippen LogP contribution in [0.3, 0.4) is 0 Å². The van der Waals surface area contributed by atoms with Crippen LogP contribution in [0.1, 0.15) is 16.7 Å². The lowest BCUT2D eigenvalue weighted by atomic mass is 9.87. The van der Waals surface area contributed by atoms with Crippen LogP contribution in [0.15, 0.2) is 60.7 Å². The second kappa shape index (κ2) is 5.24. The molecule has 0 aliphatic heterocycles. The van der Waals surface area contributed by atoms with Gasteiger partial charge in [-0.15, -0.1) is 0 Å². The average Bonchev–Trinajstić information content (AvgIpc) is 2.53. The van der Waals surface area contributed by atoms with Gasteiger partial charge in [0, 0.05) is 0 Å². The quantitative estimate of drug-likeness (QED) is 0.357. The Bertz CT molecular complexity index is 961. The van der Waals surface area contributed by atoms with E-state index in [-0.39, 0.29) is 0 Å². The normalized spacial score (nSPS) is 11.3. The van der Waals surface area contributed by atoms with Crippen molar-refractivity contribution >= 4 is 21.5 Å². The third-order valence-corrected chi connectivity index (χ3v) is 4.61. The lowest BCUT2D eigenvalue weighted by Crippen LogP contribution is -1.93. The van der Waals surface area contributed by atoms with Gasteiger partial charge in [0.15, 0.2) is 0 Å². The van der Waals surface area contributed by atoms with Crippen LogP contribution in [-0.2, 0) is 0 Å². The number of hydrogen-bond acceptors (Lipinski definition) is 0. The average molecular weight is 295 g/mol.